The van der Waals surface area contributed by atoms with Gasteiger partial charge in [0.15, 0.2) is 18.7 Å². The van der Waals surface area contributed by atoms with E-state index in [1.165, 1.54) is 17.4 Å². The summed E-state index contributed by atoms with van der Waals surface area (Å²) in [6.07, 6.45) is 4.94. The Labute approximate surface area is 251 Å². The Balaban J connectivity index is 0.000000526. The topological polar surface area (TPSA) is 103 Å². The van der Waals surface area contributed by atoms with Gasteiger partial charge in [-0.2, -0.15) is 0 Å². The molecule has 0 saturated carbocycles. The number of phenolic OH excluding ortho intramolecular Hbond substituents is 1. The smallest absolute Gasteiger partial charge is 0.196 e. The van der Waals surface area contributed by atoms with Crippen molar-refractivity contribution >= 4 is 0 Å². The van der Waals surface area contributed by atoms with E-state index in [1.807, 2.05) is 75.6 Å². The van der Waals surface area contributed by atoms with Crippen LogP contribution in [0.15, 0.2) is 116 Å². The Morgan fingerprint density at radius 2 is 1.21 bits per heavy atom. The summed E-state index contributed by atoms with van der Waals surface area (Å²) in [7, 11) is 0. The van der Waals surface area contributed by atoms with Gasteiger partial charge in [-0.15, -0.1) is 0 Å². The predicted octanol–water partition coefficient (Wildman–Crippen LogP) is 6.80. The maximum absolute atomic E-state index is 8.83. The molecule has 1 heterocycles. The fraction of sp³-hybridized carbons (Fsp3) is 0.286. The van der Waals surface area contributed by atoms with Crippen LogP contribution in [0.5, 0.6) is 11.5 Å². The average Bonchev–Trinajstić information content (AvgIpc) is 3.02. The van der Waals surface area contributed by atoms with Crippen LogP contribution in [0.4, 0.5) is 0 Å². The second-order valence-electron chi connectivity index (χ2n) is 8.62. The van der Waals surface area contributed by atoms with Gasteiger partial charge >= 0.3 is 0 Å². The van der Waals surface area contributed by atoms with Crippen LogP contribution in [0.2, 0.25) is 0 Å². The van der Waals surface area contributed by atoms with Gasteiger partial charge in [0.05, 0.1) is 26.1 Å². The van der Waals surface area contributed by atoms with E-state index >= 15 is 0 Å². The third-order valence-corrected chi connectivity index (χ3v) is 5.04. The van der Waals surface area contributed by atoms with Gasteiger partial charge in [-0.1, -0.05) is 72.3 Å². The summed E-state index contributed by atoms with van der Waals surface area (Å²) >= 11 is 0. The number of hydrogen-bond donors (Lipinski definition) is 3. The van der Waals surface area contributed by atoms with E-state index in [0.29, 0.717) is 6.61 Å². The van der Waals surface area contributed by atoms with E-state index in [9.17, 15) is 0 Å². The quantitative estimate of drug-likeness (QED) is 0.157. The van der Waals surface area contributed by atoms with E-state index in [4.69, 9.17) is 24.8 Å². The number of phenols is 1. The van der Waals surface area contributed by atoms with E-state index in [-0.39, 0.29) is 25.3 Å². The molecule has 0 aliphatic rings. The van der Waals surface area contributed by atoms with Crippen molar-refractivity contribution in [2.45, 2.75) is 54.1 Å². The SMILES string of the molecule is C=COCC.CCOC(C)Oc1ccc(CO)cc1.Cc1ccc(C)cc1.OCc1ccc(O)cc1.c1cc[nH+]cc1. The number of rotatable bonds is 8. The minimum absolute atomic E-state index is 0.0281. The fourth-order valence-electron chi connectivity index (χ4n) is 2.83. The van der Waals surface area contributed by atoms with Gasteiger partial charge in [-0.25, -0.2) is 4.98 Å². The molecule has 0 aliphatic carbocycles. The Hall–Kier alpha value is -4.17. The minimum atomic E-state index is -0.236. The van der Waals surface area contributed by atoms with E-state index in [1.54, 1.807) is 24.3 Å². The summed E-state index contributed by atoms with van der Waals surface area (Å²) in [5.41, 5.74) is 4.35. The molecular formula is C35H48NO6+. The van der Waals surface area contributed by atoms with Crippen LogP contribution in [-0.4, -0.2) is 34.8 Å². The number of aromatic hydroxyl groups is 1. The number of aliphatic hydroxyl groups excluding tert-OH is 2. The van der Waals surface area contributed by atoms with Crippen LogP contribution in [0.3, 0.4) is 0 Å². The average molecular weight is 579 g/mol. The number of hydrogen-bond acceptors (Lipinski definition) is 6. The van der Waals surface area contributed by atoms with Crippen molar-refractivity contribution in [1.82, 2.24) is 0 Å². The highest BCUT2D eigenvalue weighted by Gasteiger charge is 2.02. The molecule has 7 nitrogen and oxygen atoms in total. The van der Waals surface area contributed by atoms with Crippen molar-refractivity contribution < 1.29 is 34.5 Å². The lowest BCUT2D eigenvalue weighted by Crippen LogP contribution is -2.15. The molecule has 0 fully saturated rings. The summed E-state index contributed by atoms with van der Waals surface area (Å²) in [6.45, 7) is 14.7. The highest BCUT2D eigenvalue weighted by atomic mass is 16.7. The standard InChI is InChI=1S/C11H16O3.C8H10.C7H8O2.C5H5N.C4H8O/c1-3-13-9(2)14-11-6-4-10(8-12)5-7-11;1-7-3-5-8(2)6-4-7;8-5-6-1-3-7(9)4-2-6;1-2-4-6-5-3-1;1-3-5-4-2/h4-7,9,12H,3,8H2,1-2H3;3-6H,1-2H3;1-4,8-9H,5H2;1-5H;3H,1,4H2,2H3/p+1. The summed E-state index contributed by atoms with van der Waals surface area (Å²) in [6, 6.07) is 28.1. The molecule has 4 N–H and O–H groups in total. The molecule has 1 atom stereocenters. The Kier molecular flexibility index (Phi) is 23.2. The van der Waals surface area contributed by atoms with Gasteiger partial charge in [0.25, 0.3) is 0 Å². The molecular weight excluding hydrogens is 530 g/mol. The van der Waals surface area contributed by atoms with Crippen LogP contribution in [0, 0.1) is 13.8 Å². The molecule has 228 valence electrons. The summed E-state index contributed by atoms with van der Waals surface area (Å²) in [5, 5.41) is 26.1. The molecule has 7 heteroatoms. The first-order chi connectivity index (χ1) is 20.3. The number of aromatic nitrogens is 1. The van der Waals surface area contributed by atoms with Crippen LogP contribution in [0.1, 0.15) is 43.0 Å². The lowest BCUT2D eigenvalue weighted by atomic mass is 10.2. The van der Waals surface area contributed by atoms with Crippen LogP contribution >= 0.6 is 0 Å². The number of pyridine rings is 1. The molecule has 0 amide bonds. The first kappa shape index (κ1) is 37.8. The lowest BCUT2D eigenvalue weighted by Gasteiger charge is -2.14. The number of nitrogens with one attached hydrogen (secondary N) is 1. The van der Waals surface area contributed by atoms with Gasteiger partial charge in [0.1, 0.15) is 11.5 Å². The van der Waals surface area contributed by atoms with Crippen molar-refractivity contribution in [1.29, 1.82) is 0 Å². The predicted molar refractivity (Wildman–Crippen MR) is 169 cm³/mol. The largest absolute Gasteiger partial charge is 0.508 e. The second-order valence-corrected chi connectivity index (χ2v) is 8.62. The van der Waals surface area contributed by atoms with E-state index in [0.717, 1.165) is 23.5 Å². The van der Waals surface area contributed by atoms with E-state index < -0.39 is 0 Å². The van der Waals surface area contributed by atoms with Gasteiger partial charge in [0.2, 0.25) is 0 Å². The van der Waals surface area contributed by atoms with Crippen molar-refractivity contribution in [3.05, 3.63) is 138 Å². The monoisotopic (exact) mass is 578 g/mol. The zero-order valence-corrected chi connectivity index (χ0v) is 25.6. The zero-order valence-electron chi connectivity index (χ0n) is 25.6. The van der Waals surface area contributed by atoms with Crippen molar-refractivity contribution in [3.8, 4) is 11.5 Å². The maximum atomic E-state index is 8.83. The number of aromatic amines is 1. The number of benzene rings is 3. The third kappa shape index (κ3) is 21.6. The third-order valence-electron chi connectivity index (χ3n) is 5.04. The molecule has 0 aliphatic heterocycles. The Morgan fingerprint density at radius 3 is 1.52 bits per heavy atom. The molecule has 1 aromatic heterocycles. The van der Waals surface area contributed by atoms with Crippen molar-refractivity contribution in [3.63, 3.8) is 0 Å². The van der Waals surface area contributed by atoms with Crippen LogP contribution in [0.25, 0.3) is 0 Å². The van der Waals surface area contributed by atoms with Crippen LogP contribution in [-0.2, 0) is 22.7 Å². The fourth-order valence-corrected chi connectivity index (χ4v) is 2.83. The second kappa shape index (κ2) is 25.8. The molecule has 1 unspecified atom stereocenters. The first-order valence-electron chi connectivity index (χ1n) is 13.8. The van der Waals surface area contributed by atoms with Gasteiger partial charge in [-0.05, 0) is 70.0 Å². The molecule has 0 radical (unpaired) electrons. The molecule has 0 saturated heterocycles. The van der Waals surface area contributed by atoms with Crippen molar-refractivity contribution in [2.24, 2.45) is 0 Å². The van der Waals surface area contributed by atoms with Gasteiger partial charge < -0.3 is 29.5 Å². The summed E-state index contributed by atoms with van der Waals surface area (Å²) < 4.78 is 15.3. The summed E-state index contributed by atoms with van der Waals surface area (Å²) in [5.74, 6) is 0.982. The molecule has 42 heavy (non-hydrogen) atoms. The molecule has 3 aromatic carbocycles. The maximum Gasteiger partial charge on any atom is 0.196 e. The molecule has 0 spiro atoms. The zero-order chi connectivity index (χ0) is 31.4. The number of ether oxygens (including phenoxy) is 3. The number of aliphatic hydroxyl groups is 2. The van der Waals surface area contributed by atoms with Crippen LogP contribution < -0.4 is 9.72 Å². The van der Waals surface area contributed by atoms with E-state index in [2.05, 4.69) is 54.4 Å². The molecule has 4 aromatic rings. The highest BCUT2D eigenvalue weighted by Crippen LogP contribution is 2.14. The normalized spacial score (nSPS) is 9.88. The lowest BCUT2D eigenvalue weighted by molar-refractivity contribution is -0.377. The molecule has 4 rings (SSSR count). The van der Waals surface area contributed by atoms with Crippen molar-refractivity contribution in [2.75, 3.05) is 13.2 Å². The Bertz CT molecular complexity index is 1090. The highest BCUT2D eigenvalue weighted by molar-refractivity contribution is 5.27. The molecule has 0 bridgehead atoms. The minimum Gasteiger partial charge on any atom is -0.508 e. The summed E-state index contributed by atoms with van der Waals surface area (Å²) in [4.78, 5) is 2.89. The first-order valence-corrected chi connectivity index (χ1v) is 13.8. The van der Waals surface area contributed by atoms with Gasteiger partial charge in [0, 0.05) is 18.7 Å². The Morgan fingerprint density at radius 1 is 0.738 bits per heavy atom. The number of H-pyrrole nitrogens is 1. The number of aryl methyl sites for hydroxylation is 2. The van der Waals surface area contributed by atoms with Gasteiger partial charge in [-0.3, -0.25) is 0 Å².